The van der Waals surface area contributed by atoms with Crippen LogP contribution in [0.3, 0.4) is 0 Å². The molecule has 0 spiro atoms. The number of ether oxygens (including phenoxy) is 3. The Morgan fingerprint density at radius 3 is 2.23 bits per heavy atom. The summed E-state index contributed by atoms with van der Waals surface area (Å²) in [7, 11) is 0. The molecule has 0 heterocycles. The molecule has 164 valence electrons. The first kappa shape index (κ1) is 22.9. The van der Waals surface area contributed by atoms with E-state index in [9.17, 15) is 17.6 Å². The van der Waals surface area contributed by atoms with Crippen LogP contribution < -0.4 is 9.47 Å². The fourth-order valence-electron chi connectivity index (χ4n) is 2.62. The van der Waals surface area contributed by atoms with Crippen LogP contribution >= 0.6 is 11.6 Å². The van der Waals surface area contributed by atoms with Crippen LogP contribution in [0.15, 0.2) is 72.8 Å². The molecule has 0 N–H and O–H groups in total. The van der Waals surface area contributed by atoms with Crippen molar-refractivity contribution in [3.05, 3.63) is 89.2 Å². The summed E-state index contributed by atoms with van der Waals surface area (Å²) in [4.78, 5) is 0. The summed E-state index contributed by atoms with van der Waals surface area (Å²) in [6, 6.07) is 18.6. The van der Waals surface area contributed by atoms with Gasteiger partial charge in [0.2, 0.25) is 0 Å². The molecule has 0 aliphatic rings. The number of para-hydroxylation sites is 1. The highest BCUT2D eigenvalue weighted by molar-refractivity contribution is 6.30. The zero-order chi connectivity index (χ0) is 22.3. The van der Waals surface area contributed by atoms with Crippen LogP contribution in [0.2, 0.25) is 5.02 Å². The summed E-state index contributed by atoms with van der Waals surface area (Å²) >= 11 is 5.75. The third kappa shape index (κ3) is 7.15. The van der Waals surface area contributed by atoms with Gasteiger partial charge in [-0.05, 0) is 54.1 Å². The summed E-state index contributed by atoms with van der Waals surface area (Å²) in [5.41, 5.74) is 0.479. The van der Waals surface area contributed by atoms with E-state index >= 15 is 0 Å². The Morgan fingerprint density at radius 2 is 1.55 bits per heavy atom. The van der Waals surface area contributed by atoms with Gasteiger partial charge in [-0.1, -0.05) is 35.9 Å². The van der Waals surface area contributed by atoms with Gasteiger partial charge in [-0.2, -0.15) is 13.2 Å². The molecule has 0 amide bonds. The minimum atomic E-state index is -4.50. The lowest BCUT2D eigenvalue weighted by Gasteiger charge is -2.21. The van der Waals surface area contributed by atoms with E-state index in [0.717, 1.165) is 0 Å². The largest absolute Gasteiger partial charge is 0.493 e. The summed E-state index contributed by atoms with van der Waals surface area (Å²) in [5.74, 6) is -1.73. The van der Waals surface area contributed by atoms with Gasteiger partial charge in [-0.3, -0.25) is 0 Å². The minimum absolute atomic E-state index is 0.0363. The van der Waals surface area contributed by atoms with Crippen LogP contribution in [-0.4, -0.2) is 19.4 Å². The first-order valence-corrected chi connectivity index (χ1v) is 9.73. The van der Waals surface area contributed by atoms with Crippen molar-refractivity contribution in [2.75, 3.05) is 13.2 Å². The smallest absolute Gasteiger partial charge is 0.397 e. The van der Waals surface area contributed by atoms with Crippen LogP contribution in [0.5, 0.6) is 17.2 Å². The molecule has 0 radical (unpaired) electrons. The van der Waals surface area contributed by atoms with Crippen LogP contribution in [0.1, 0.15) is 5.56 Å². The fraction of sp³-hybridized carbons (Fsp3) is 0.217. The number of halogens is 5. The molecule has 0 aromatic heterocycles. The van der Waals surface area contributed by atoms with Gasteiger partial charge in [-0.15, -0.1) is 0 Å². The zero-order valence-electron chi connectivity index (χ0n) is 16.2. The second kappa shape index (κ2) is 10.5. The van der Waals surface area contributed by atoms with E-state index < -0.39 is 31.1 Å². The molecular formula is C23H19ClF4O3. The Hall–Kier alpha value is -2.77. The van der Waals surface area contributed by atoms with Gasteiger partial charge in [0, 0.05) is 5.02 Å². The molecule has 3 aromatic carbocycles. The normalized spacial score (nSPS) is 12.4. The Bertz CT molecular complexity index is 963. The van der Waals surface area contributed by atoms with Crippen LogP contribution in [0.25, 0.3) is 0 Å². The second-order valence-electron chi connectivity index (χ2n) is 6.70. The molecular weight excluding hydrogens is 436 g/mol. The number of hydrogen-bond acceptors (Lipinski definition) is 3. The maximum absolute atomic E-state index is 14.0. The third-order valence-corrected chi connectivity index (χ3v) is 4.53. The van der Waals surface area contributed by atoms with E-state index in [4.69, 9.17) is 25.8 Å². The molecule has 0 aliphatic carbocycles. The highest BCUT2D eigenvalue weighted by Gasteiger charge is 2.40. The van der Waals surface area contributed by atoms with Crippen molar-refractivity contribution in [3.63, 3.8) is 0 Å². The molecule has 1 unspecified atom stereocenters. The minimum Gasteiger partial charge on any atom is -0.493 e. The van der Waals surface area contributed by atoms with E-state index in [2.05, 4.69) is 0 Å². The van der Waals surface area contributed by atoms with Crippen molar-refractivity contribution < 1.29 is 31.8 Å². The van der Waals surface area contributed by atoms with Crippen molar-refractivity contribution in [2.45, 2.75) is 12.8 Å². The van der Waals surface area contributed by atoms with Crippen molar-refractivity contribution in [1.82, 2.24) is 0 Å². The van der Waals surface area contributed by atoms with E-state index in [0.29, 0.717) is 16.3 Å². The zero-order valence-corrected chi connectivity index (χ0v) is 17.0. The lowest BCUT2D eigenvalue weighted by molar-refractivity contribution is -0.196. The Kier molecular flexibility index (Phi) is 7.76. The average molecular weight is 455 g/mol. The molecule has 8 heteroatoms. The highest BCUT2D eigenvalue weighted by atomic mass is 35.5. The van der Waals surface area contributed by atoms with Gasteiger partial charge in [0.05, 0.1) is 13.2 Å². The molecule has 0 saturated carbocycles. The van der Waals surface area contributed by atoms with Gasteiger partial charge in [0.15, 0.2) is 11.6 Å². The number of hydrogen-bond donors (Lipinski definition) is 0. The molecule has 0 bridgehead atoms. The molecule has 3 nitrogen and oxygen atoms in total. The number of alkyl halides is 3. The van der Waals surface area contributed by atoms with Gasteiger partial charge in [-0.25, -0.2) is 4.39 Å². The second-order valence-corrected chi connectivity index (χ2v) is 7.13. The highest BCUT2D eigenvalue weighted by Crippen LogP contribution is 2.29. The average Bonchev–Trinajstić information content (AvgIpc) is 2.74. The van der Waals surface area contributed by atoms with E-state index in [-0.39, 0.29) is 18.1 Å². The lowest BCUT2D eigenvalue weighted by Crippen LogP contribution is -2.32. The maximum atomic E-state index is 14.0. The summed E-state index contributed by atoms with van der Waals surface area (Å²) < 4.78 is 69.9. The molecule has 3 rings (SSSR count). The quantitative estimate of drug-likeness (QED) is 0.324. The first-order valence-electron chi connectivity index (χ1n) is 9.35. The standard InChI is InChI=1S/C23H19ClF4O3/c24-18-7-9-19(10-8-18)30-15-17(23(26,27)28)14-29-13-16-6-11-21(25)22(12-16)31-20-4-2-1-3-5-20/h1-12,17H,13-15H2. The summed E-state index contributed by atoms with van der Waals surface area (Å²) in [6.45, 7) is -1.35. The predicted octanol–water partition coefficient (Wildman–Crippen LogP) is 7.05. The fourth-order valence-corrected chi connectivity index (χ4v) is 2.74. The molecule has 31 heavy (non-hydrogen) atoms. The maximum Gasteiger partial charge on any atom is 0.397 e. The number of benzene rings is 3. The first-order chi connectivity index (χ1) is 14.8. The van der Waals surface area contributed by atoms with Crippen LogP contribution in [0.4, 0.5) is 17.6 Å². The Morgan fingerprint density at radius 1 is 0.839 bits per heavy atom. The van der Waals surface area contributed by atoms with Gasteiger partial charge < -0.3 is 14.2 Å². The van der Waals surface area contributed by atoms with Crippen LogP contribution in [-0.2, 0) is 11.3 Å². The third-order valence-electron chi connectivity index (χ3n) is 4.28. The molecule has 0 fully saturated rings. The molecule has 0 saturated heterocycles. The van der Waals surface area contributed by atoms with Crippen molar-refractivity contribution >= 4 is 11.6 Å². The number of rotatable bonds is 9. The lowest BCUT2D eigenvalue weighted by atomic mass is 10.1. The van der Waals surface area contributed by atoms with Gasteiger partial charge in [0.1, 0.15) is 24.0 Å². The molecule has 3 aromatic rings. The monoisotopic (exact) mass is 454 g/mol. The Labute approximate surface area is 182 Å². The Balaban J connectivity index is 1.57. The van der Waals surface area contributed by atoms with E-state index in [1.807, 2.05) is 0 Å². The van der Waals surface area contributed by atoms with Gasteiger partial charge in [0.25, 0.3) is 0 Å². The SMILES string of the molecule is Fc1ccc(COCC(COc2ccc(Cl)cc2)C(F)(F)F)cc1Oc1ccccc1. The van der Waals surface area contributed by atoms with E-state index in [1.54, 1.807) is 30.3 Å². The van der Waals surface area contributed by atoms with Gasteiger partial charge >= 0.3 is 6.18 Å². The van der Waals surface area contributed by atoms with Crippen molar-refractivity contribution in [3.8, 4) is 17.2 Å². The predicted molar refractivity (Wildman–Crippen MR) is 109 cm³/mol. The molecule has 1 atom stereocenters. The van der Waals surface area contributed by atoms with Crippen molar-refractivity contribution in [1.29, 1.82) is 0 Å². The topological polar surface area (TPSA) is 27.7 Å². The van der Waals surface area contributed by atoms with Crippen LogP contribution in [0, 0.1) is 11.7 Å². The van der Waals surface area contributed by atoms with Crippen molar-refractivity contribution in [2.24, 2.45) is 5.92 Å². The molecule has 0 aliphatic heterocycles. The van der Waals surface area contributed by atoms with E-state index in [1.165, 1.54) is 42.5 Å². The summed E-state index contributed by atoms with van der Waals surface area (Å²) in [5, 5.41) is 0.456. The summed E-state index contributed by atoms with van der Waals surface area (Å²) in [6.07, 6.45) is -4.50.